The Morgan fingerprint density at radius 2 is 1.69 bits per heavy atom. The molecule has 0 heterocycles. The fraction of sp³-hybridized carbons (Fsp3) is 0.833. The van der Waals surface area contributed by atoms with Crippen LogP contribution >= 0.6 is 12.2 Å². The lowest BCUT2D eigenvalue weighted by atomic mass is 10.1. The number of amides is 1. The third-order valence-electron chi connectivity index (χ3n) is 1.27. The summed E-state index contributed by atoms with van der Waals surface area (Å²) in [4.78, 5) is 11.0. The normalized spacial score (nSPS) is 7.94. The van der Waals surface area contributed by atoms with E-state index in [2.05, 4.69) is 22.9 Å². The molecule has 4 heteroatoms. The molecule has 0 unspecified atom stereocenters. The maximum atomic E-state index is 11.0. The molecule has 0 aliphatic carbocycles. The van der Waals surface area contributed by atoms with E-state index >= 15 is 0 Å². The Morgan fingerprint density at radius 3 is 2.06 bits per heavy atom. The van der Waals surface area contributed by atoms with Gasteiger partial charge in [0.1, 0.15) is 0 Å². The van der Waals surface area contributed by atoms with Gasteiger partial charge >= 0.3 is 0 Å². The summed E-state index contributed by atoms with van der Waals surface area (Å²) < 4.78 is 0. The van der Waals surface area contributed by atoms with Gasteiger partial charge < -0.3 is 10.6 Å². The molecular weight excluding hydrogens is 220 g/mol. The van der Waals surface area contributed by atoms with Crippen LogP contribution in [0.2, 0.25) is 0 Å². The van der Waals surface area contributed by atoms with Crippen LogP contribution in [0.4, 0.5) is 0 Å². The molecule has 3 nitrogen and oxygen atoms in total. The summed E-state index contributed by atoms with van der Waals surface area (Å²) in [6.07, 6.45) is 0.595. The van der Waals surface area contributed by atoms with Crippen molar-refractivity contribution in [3.8, 4) is 0 Å². The van der Waals surface area contributed by atoms with Crippen molar-refractivity contribution in [3.63, 3.8) is 0 Å². The molecule has 0 aromatic rings. The number of hydrogen-bond acceptors (Lipinski definition) is 2. The quantitative estimate of drug-likeness (QED) is 0.561. The first kappa shape index (κ1) is 20.7. The third-order valence-corrected chi connectivity index (χ3v) is 1.44. The van der Waals surface area contributed by atoms with Crippen LogP contribution < -0.4 is 10.6 Å². The van der Waals surface area contributed by atoms with E-state index in [1.54, 1.807) is 0 Å². The summed E-state index contributed by atoms with van der Waals surface area (Å²) in [6.45, 7) is 13.4. The van der Waals surface area contributed by atoms with Crippen molar-refractivity contribution in [3.05, 3.63) is 0 Å². The Morgan fingerprint density at radius 1 is 1.19 bits per heavy atom. The number of rotatable bonds is 6. The minimum Gasteiger partial charge on any atom is -0.380 e. The molecule has 0 rings (SSSR count). The van der Waals surface area contributed by atoms with Gasteiger partial charge in [-0.2, -0.15) is 0 Å². The van der Waals surface area contributed by atoms with Crippen molar-refractivity contribution in [2.75, 3.05) is 13.1 Å². The van der Waals surface area contributed by atoms with E-state index in [-0.39, 0.29) is 5.91 Å². The monoisotopic (exact) mass is 248 g/mol. The minimum absolute atomic E-state index is 0.108. The van der Waals surface area contributed by atoms with Crippen LogP contribution in [0.5, 0.6) is 0 Å². The molecule has 16 heavy (non-hydrogen) atoms. The van der Waals surface area contributed by atoms with Gasteiger partial charge in [0.25, 0.3) is 0 Å². The predicted molar refractivity (Wildman–Crippen MR) is 76.8 cm³/mol. The smallest absolute Gasteiger partial charge is 0.220 e. The molecule has 0 aromatic heterocycles. The molecule has 0 radical (unpaired) electrons. The molecule has 0 fully saturated rings. The zero-order chi connectivity index (χ0) is 13.4. The minimum atomic E-state index is 0.108. The second-order valence-corrected chi connectivity index (χ2v) is 3.26. The van der Waals surface area contributed by atoms with Crippen molar-refractivity contribution in [1.82, 2.24) is 10.6 Å². The highest BCUT2D eigenvalue weighted by Gasteiger charge is 2.02. The van der Waals surface area contributed by atoms with Crippen LogP contribution in [0.15, 0.2) is 0 Å². The topological polar surface area (TPSA) is 41.1 Å². The average Bonchev–Trinajstić information content (AvgIpc) is 2.29. The lowest BCUT2D eigenvalue weighted by Crippen LogP contribution is -2.31. The summed E-state index contributed by atoms with van der Waals surface area (Å²) >= 11 is 4.55. The molecule has 0 bridgehead atoms. The van der Waals surface area contributed by atoms with E-state index in [4.69, 9.17) is 0 Å². The van der Waals surface area contributed by atoms with Crippen LogP contribution in [0.3, 0.4) is 0 Å². The number of thiocarbonyl (C=S) groups is 1. The number of nitrogens with one attached hydrogen (secondary N) is 2. The Kier molecular flexibility index (Phi) is 25.7. The van der Waals surface area contributed by atoms with Gasteiger partial charge in [0.2, 0.25) is 5.91 Å². The van der Waals surface area contributed by atoms with Crippen LogP contribution in [0.1, 0.15) is 48.0 Å². The van der Waals surface area contributed by atoms with Crippen LogP contribution in [0.25, 0.3) is 0 Å². The van der Waals surface area contributed by atoms with E-state index in [0.29, 0.717) is 25.4 Å². The Labute approximate surface area is 106 Å². The number of carbonyl (C=O) groups excluding carboxylic acids is 1. The molecule has 1 amide bonds. The van der Waals surface area contributed by atoms with E-state index < -0.39 is 0 Å². The molecule has 0 saturated heterocycles. The predicted octanol–water partition coefficient (Wildman–Crippen LogP) is 2.75. The first-order chi connectivity index (χ1) is 7.66. The van der Waals surface area contributed by atoms with Crippen LogP contribution in [-0.4, -0.2) is 24.5 Å². The highest BCUT2D eigenvalue weighted by molar-refractivity contribution is 7.78. The summed E-state index contributed by atoms with van der Waals surface area (Å²) in [5.41, 5.74) is 1.45. The van der Waals surface area contributed by atoms with Crippen molar-refractivity contribution >= 4 is 23.6 Å². The summed E-state index contributed by atoms with van der Waals surface area (Å²) in [5.74, 6) is 0.527. The van der Waals surface area contributed by atoms with E-state index in [9.17, 15) is 4.79 Å². The molecule has 0 spiro atoms. The van der Waals surface area contributed by atoms with E-state index in [1.165, 1.54) is 5.49 Å². The standard InChI is InChI=1S/C8H16N2OS.2C2H6/c1-7(2)5-8(11)10-4-3-9-6-12;2*1-2/h6-7H,3-5H2,1-2H3,(H,9,12)(H,10,11);2*1-2H3. The van der Waals surface area contributed by atoms with Crippen molar-refractivity contribution in [2.45, 2.75) is 48.0 Å². The van der Waals surface area contributed by atoms with E-state index in [1.807, 2.05) is 41.5 Å². The average molecular weight is 248 g/mol. The number of carbonyl (C=O) groups is 1. The Bertz CT molecular complexity index is 150. The van der Waals surface area contributed by atoms with Gasteiger partial charge in [0.15, 0.2) is 0 Å². The van der Waals surface area contributed by atoms with E-state index in [0.717, 1.165) is 0 Å². The molecule has 0 aromatic carbocycles. The summed E-state index contributed by atoms with van der Waals surface area (Å²) in [6, 6.07) is 0. The van der Waals surface area contributed by atoms with Gasteiger partial charge in [-0.05, 0) is 5.92 Å². The maximum Gasteiger partial charge on any atom is 0.220 e. The Hall–Kier alpha value is -0.640. The SMILES string of the molecule is CC.CC.CC(C)CC(=O)NCCNC=S. The van der Waals surface area contributed by atoms with Crippen molar-refractivity contribution in [1.29, 1.82) is 0 Å². The first-order valence-electron chi connectivity index (χ1n) is 6.10. The number of hydrogen-bond donors (Lipinski definition) is 2. The van der Waals surface area contributed by atoms with Crippen LogP contribution in [0, 0.1) is 5.92 Å². The lowest BCUT2D eigenvalue weighted by Gasteiger charge is -2.06. The van der Waals surface area contributed by atoms with Gasteiger partial charge in [-0.15, -0.1) is 0 Å². The zero-order valence-corrected chi connectivity index (χ0v) is 12.4. The molecule has 98 valence electrons. The van der Waals surface area contributed by atoms with Gasteiger partial charge in [-0.3, -0.25) is 4.79 Å². The highest BCUT2D eigenvalue weighted by atomic mass is 32.1. The molecule has 0 aliphatic rings. The highest BCUT2D eigenvalue weighted by Crippen LogP contribution is 1.97. The molecule has 0 atom stereocenters. The fourth-order valence-corrected chi connectivity index (χ4v) is 0.894. The second kappa shape index (κ2) is 19.9. The maximum absolute atomic E-state index is 11.0. The molecule has 0 saturated carbocycles. The first-order valence-corrected chi connectivity index (χ1v) is 6.57. The third kappa shape index (κ3) is 23.3. The zero-order valence-electron chi connectivity index (χ0n) is 11.6. The van der Waals surface area contributed by atoms with Gasteiger partial charge in [-0.25, -0.2) is 0 Å². The summed E-state index contributed by atoms with van der Waals surface area (Å²) in [5, 5.41) is 5.61. The second-order valence-electron chi connectivity index (χ2n) is 3.02. The van der Waals surface area contributed by atoms with Crippen LogP contribution in [-0.2, 0) is 4.79 Å². The van der Waals surface area contributed by atoms with Gasteiger partial charge in [-0.1, -0.05) is 53.8 Å². The van der Waals surface area contributed by atoms with Crippen molar-refractivity contribution < 1.29 is 4.79 Å². The van der Waals surface area contributed by atoms with Gasteiger partial charge in [0, 0.05) is 19.5 Å². The lowest BCUT2D eigenvalue weighted by molar-refractivity contribution is -0.121. The largest absolute Gasteiger partial charge is 0.380 e. The molecule has 0 aliphatic heterocycles. The van der Waals surface area contributed by atoms with Gasteiger partial charge in [0.05, 0.1) is 5.49 Å². The molecule has 2 N–H and O–H groups in total. The Balaban J connectivity index is -0.000000376. The molecular formula is C12H28N2OS. The van der Waals surface area contributed by atoms with Crippen molar-refractivity contribution in [2.24, 2.45) is 5.92 Å². The fourth-order valence-electron chi connectivity index (χ4n) is 0.776. The summed E-state index contributed by atoms with van der Waals surface area (Å²) in [7, 11) is 0.